The van der Waals surface area contributed by atoms with E-state index in [1.807, 2.05) is 10.8 Å². The topological polar surface area (TPSA) is 102 Å². The summed E-state index contributed by atoms with van der Waals surface area (Å²) in [5, 5.41) is 6.18. The van der Waals surface area contributed by atoms with Gasteiger partial charge in [0.05, 0.1) is 13.5 Å². The number of anilines is 1. The van der Waals surface area contributed by atoms with Gasteiger partial charge in [0.25, 0.3) is 5.91 Å². The van der Waals surface area contributed by atoms with Crippen molar-refractivity contribution in [3.8, 4) is 5.75 Å². The Kier molecular flexibility index (Phi) is 6.94. The summed E-state index contributed by atoms with van der Waals surface area (Å²) in [6.45, 7) is -0.467. The third kappa shape index (κ3) is 5.52. The lowest BCUT2D eigenvalue weighted by molar-refractivity contribution is -0.146. The standard InChI is InChI=1S/C17H20N2O6S2/c1-19(2)27(22,23)15-9-13(4-5-14(15)24-3)18-16(20)10-25-17(21)8-12-6-7-26-11-12/h4-7,9,11H,8,10H2,1-3H3,(H,18,20). The van der Waals surface area contributed by atoms with E-state index in [1.165, 1.54) is 50.7 Å². The molecule has 0 radical (unpaired) electrons. The first-order chi connectivity index (χ1) is 12.7. The van der Waals surface area contributed by atoms with Crippen molar-refractivity contribution in [3.63, 3.8) is 0 Å². The summed E-state index contributed by atoms with van der Waals surface area (Å²) in [6.07, 6.45) is 0.0878. The minimum Gasteiger partial charge on any atom is -0.495 e. The monoisotopic (exact) mass is 412 g/mol. The van der Waals surface area contributed by atoms with Crippen LogP contribution >= 0.6 is 11.3 Å². The lowest BCUT2D eigenvalue weighted by atomic mass is 10.2. The fourth-order valence-corrected chi connectivity index (χ4v) is 3.85. The Balaban J connectivity index is 2.02. The molecule has 1 heterocycles. The number of carbonyl (C=O) groups excluding carboxylic acids is 2. The van der Waals surface area contributed by atoms with Crippen LogP contribution in [0.4, 0.5) is 5.69 Å². The molecule has 0 unspecified atom stereocenters. The molecule has 0 fully saturated rings. The van der Waals surface area contributed by atoms with Crippen LogP contribution in [0.3, 0.4) is 0 Å². The van der Waals surface area contributed by atoms with E-state index in [0.717, 1.165) is 9.87 Å². The summed E-state index contributed by atoms with van der Waals surface area (Å²) in [7, 11) is 0.388. The van der Waals surface area contributed by atoms with Crippen molar-refractivity contribution in [3.05, 3.63) is 40.6 Å². The van der Waals surface area contributed by atoms with Crippen molar-refractivity contribution in [2.45, 2.75) is 11.3 Å². The Bertz CT molecular complexity index is 908. The molecule has 0 bridgehead atoms. The summed E-state index contributed by atoms with van der Waals surface area (Å²) >= 11 is 1.47. The van der Waals surface area contributed by atoms with Gasteiger partial charge in [-0.05, 0) is 40.6 Å². The van der Waals surface area contributed by atoms with Crippen LogP contribution in [-0.2, 0) is 30.8 Å². The molecule has 146 valence electrons. The Morgan fingerprint density at radius 3 is 2.56 bits per heavy atom. The third-order valence-electron chi connectivity index (χ3n) is 3.50. The number of hydrogen-bond donors (Lipinski definition) is 1. The highest BCUT2D eigenvalue weighted by Gasteiger charge is 2.23. The zero-order valence-corrected chi connectivity index (χ0v) is 16.7. The molecule has 0 aliphatic rings. The Morgan fingerprint density at radius 1 is 1.22 bits per heavy atom. The number of carbonyl (C=O) groups is 2. The second kappa shape index (κ2) is 8.98. The molecular formula is C17H20N2O6S2. The van der Waals surface area contributed by atoms with Gasteiger partial charge in [0.1, 0.15) is 10.6 Å². The molecule has 27 heavy (non-hydrogen) atoms. The maximum Gasteiger partial charge on any atom is 0.310 e. The van der Waals surface area contributed by atoms with Crippen molar-refractivity contribution in [2.75, 3.05) is 33.1 Å². The molecule has 1 N–H and O–H groups in total. The lowest BCUT2D eigenvalue weighted by Crippen LogP contribution is -2.24. The number of thiophene rings is 1. The van der Waals surface area contributed by atoms with Crippen molar-refractivity contribution in [1.82, 2.24) is 4.31 Å². The van der Waals surface area contributed by atoms with Gasteiger partial charge in [-0.2, -0.15) is 11.3 Å². The number of sulfonamides is 1. The van der Waals surface area contributed by atoms with Crippen molar-refractivity contribution >= 4 is 38.9 Å². The van der Waals surface area contributed by atoms with Gasteiger partial charge in [0.15, 0.2) is 6.61 Å². The van der Waals surface area contributed by atoms with Gasteiger partial charge in [-0.15, -0.1) is 0 Å². The summed E-state index contributed by atoms with van der Waals surface area (Å²) in [6, 6.07) is 6.03. The van der Waals surface area contributed by atoms with Crippen LogP contribution in [0.15, 0.2) is 39.9 Å². The molecule has 1 amide bonds. The van der Waals surface area contributed by atoms with Gasteiger partial charge in [0.2, 0.25) is 10.0 Å². The van der Waals surface area contributed by atoms with Crippen LogP contribution < -0.4 is 10.1 Å². The van der Waals surface area contributed by atoms with Crippen LogP contribution in [0.1, 0.15) is 5.56 Å². The van der Waals surface area contributed by atoms with Gasteiger partial charge in [-0.1, -0.05) is 0 Å². The number of nitrogens with one attached hydrogen (secondary N) is 1. The molecule has 2 rings (SSSR count). The quantitative estimate of drug-likeness (QED) is 0.663. The Labute approximate surface area is 161 Å². The summed E-state index contributed by atoms with van der Waals surface area (Å²) < 4.78 is 35.8. The molecule has 0 atom stereocenters. The van der Waals surface area contributed by atoms with E-state index in [9.17, 15) is 18.0 Å². The molecule has 10 heteroatoms. The smallest absolute Gasteiger partial charge is 0.310 e. The maximum absolute atomic E-state index is 12.4. The first kappa shape index (κ1) is 20.9. The number of methoxy groups -OCH3 is 1. The van der Waals surface area contributed by atoms with E-state index in [-0.39, 0.29) is 22.8 Å². The van der Waals surface area contributed by atoms with E-state index in [2.05, 4.69) is 5.32 Å². The van der Waals surface area contributed by atoms with Crippen LogP contribution in [0.2, 0.25) is 0 Å². The van der Waals surface area contributed by atoms with Gasteiger partial charge < -0.3 is 14.8 Å². The molecule has 0 spiro atoms. The van der Waals surface area contributed by atoms with E-state index < -0.39 is 28.5 Å². The zero-order valence-electron chi connectivity index (χ0n) is 15.1. The molecule has 0 aliphatic carbocycles. The number of amides is 1. The molecular weight excluding hydrogens is 392 g/mol. The maximum atomic E-state index is 12.4. The predicted molar refractivity (Wildman–Crippen MR) is 101 cm³/mol. The fourth-order valence-electron chi connectivity index (χ4n) is 2.11. The molecule has 0 aliphatic heterocycles. The van der Waals surface area contributed by atoms with E-state index in [4.69, 9.17) is 9.47 Å². The number of esters is 1. The highest BCUT2D eigenvalue weighted by atomic mass is 32.2. The molecule has 1 aromatic heterocycles. The molecule has 8 nitrogen and oxygen atoms in total. The van der Waals surface area contributed by atoms with E-state index in [0.29, 0.717) is 0 Å². The first-order valence-electron chi connectivity index (χ1n) is 7.81. The van der Waals surface area contributed by atoms with Crippen LogP contribution in [-0.4, -0.2) is 52.4 Å². The van der Waals surface area contributed by atoms with Crippen LogP contribution in [0, 0.1) is 0 Å². The average Bonchev–Trinajstić information content (AvgIpc) is 3.12. The first-order valence-corrected chi connectivity index (χ1v) is 10.2. The highest BCUT2D eigenvalue weighted by Crippen LogP contribution is 2.28. The number of rotatable bonds is 8. The van der Waals surface area contributed by atoms with Crippen molar-refractivity contribution in [1.29, 1.82) is 0 Å². The van der Waals surface area contributed by atoms with Gasteiger partial charge in [-0.25, -0.2) is 12.7 Å². The summed E-state index contributed by atoms with van der Waals surface area (Å²) in [4.78, 5) is 23.6. The second-order valence-corrected chi connectivity index (χ2v) is 8.57. The van der Waals surface area contributed by atoms with Crippen LogP contribution in [0.5, 0.6) is 5.75 Å². The minimum atomic E-state index is -3.76. The van der Waals surface area contributed by atoms with Crippen molar-refractivity contribution in [2.24, 2.45) is 0 Å². The highest BCUT2D eigenvalue weighted by molar-refractivity contribution is 7.89. The predicted octanol–water partition coefficient (Wildman–Crippen LogP) is 1.73. The number of ether oxygens (including phenoxy) is 2. The van der Waals surface area contributed by atoms with Crippen LogP contribution in [0.25, 0.3) is 0 Å². The molecule has 2 aromatic rings. The van der Waals surface area contributed by atoms with Gasteiger partial charge in [0, 0.05) is 19.8 Å². The lowest BCUT2D eigenvalue weighted by Gasteiger charge is -2.16. The number of nitrogens with zero attached hydrogens (tertiary/aromatic N) is 1. The zero-order chi connectivity index (χ0) is 20.0. The number of benzene rings is 1. The largest absolute Gasteiger partial charge is 0.495 e. The fraction of sp³-hybridized carbons (Fsp3) is 0.294. The Morgan fingerprint density at radius 2 is 1.96 bits per heavy atom. The minimum absolute atomic E-state index is 0.0812. The normalized spacial score (nSPS) is 11.3. The second-order valence-electron chi connectivity index (χ2n) is 5.67. The SMILES string of the molecule is COc1ccc(NC(=O)COC(=O)Cc2ccsc2)cc1S(=O)(=O)N(C)C. The number of hydrogen-bond acceptors (Lipinski definition) is 7. The van der Waals surface area contributed by atoms with Crippen molar-refractivity contribution < 1.29 is 27.5 Å². The Hall–Kier alpha value is -2.43. The third-order valence-corrected chi connectivity index (χ3v) is 6.07. The van der Waals surface area contributed by atoms with Gasteiger partial charge in [-0.3, -0.25) is 9.59 Å². The summed E-state index contributed by atoms with van der Waals surface area (Å²) in [5.41, 5.74) is 1.06. The van der Waals surface area contributed by atoms with Gasteiger partial charge >= 0.3 is 5.97 Å². The van der Waals surface area contributed by atoms with E-state index in [1.54, 1.807) is 6.07 Å². The molecule has 1 aromatic carbocycles. The molecule has 0 saturated carbocycles. The van der Waals surface area contributed by atoms with E-state index >= 15 is 0 Å². The average molecular weight is 412 g/mol. The summed E-state index contributed by atoms with van der Waals surface area (Å²) in [5.74, 6) is -0.940. The molecule has 0 saturated heterocycles.